The minimum absolute atomic E-state index is 0.181. The predicted octanol–water partition coefficient (Wildman–Crippen LogP) is 5.49. The monoisotopic (exact) mass is 460 g/mol. The second-order valence-electron chi connectivity index (χ2n) is 8.82. The van der Waals surface area contributed by atoms with E-state index in [0.717, 1.165) is 40.7 Å². The van der Waals surface area contributed by atoms with E-state index in [0.29, 0.717) is 23.5 Å². The number of aromatic nitrogens is 4. The van der Waals surface area contributed by atoms with Crippen molar-refractivity contribution in [3.8, 4) is 23.0 Å². The van der Waals surface area contributed by atoms with Crippen molar-refractivity contribution in [3.05, 3.63) is 48.8 Å². The Morgan fingerprint density at radius 3 is 2.56 bits per heavy atom. The molecular formula is C25H28N6O3. The molecular weight excluding hydrogens is 432 g/mol. The van der Waals surface area contributed by atoms with Crippen LogP contribution in [0.3, 0.4) is 0 Å². The molecule has 2 aromatic carbocycles. The maximum absolute atomic E-state index is 11.9. The summed E-state index contributed by atoms with van der Waals surface area (Å²) in [6.45, 7) is 3.63. The number of ether oxygens (including phenoxy) is 2. The summed E-state index contributed by atoms with van der Waals surface area (Å²) in [7, 11) is 1.79. The van der Waals surface area contributed by atoms with E-state index in [1.54, 1.807) is 11.7 Å². The summed E-state index contributed by atoms with van der Waals surface area (Å²) in [5, 5.41) is 7.80. The van der Waals surface area contributed by atoms with E-state index in [1.165, 1.54) is 12.7 Å². The van der Waals surface area contributed by atoms with Gasteiger partial charge in [0.25, 0.3) is 0 Å². The molecule has 4 aromatic rings. The van der Waals surface area contributed by atoms with Crippen molar-refractivity contribution in [3.63, 3.8) is 0 Å². The Bertz CT molecular complexity index is 1330. The summed E-state index contributed by atoms with van der Waals surface area (Å²) in [4.78, 5) is 16.1. The number of carbonyl (C=O) groups excluding carboxylic acids is 1. The van der Waals surface area contributed by atoms with Crippen molar-refractivity contribution >= 4 is 28.4 Å². The molecule has 2 aromatic heterocycles. The first-order valence-corrected chi connectivity index (χ1v) is 11.4. The zero-order valence-electron chi connectivity index (χ0n) is 19.5. The number of nitrogens with zero attached hydrogens (tertiary/aromatic N) is 4. The van der Waals surface area contributed by atoms with Gasteiger partial charge in [0.2, 0.25) is 0 Å². The van der Waals surface area contributed by atoms with Crippen LogP contribution in [0.5, 0.6) is 11.8 Å². The lowest BCUT2D eigenvalue weighted by Crippen LogP contribution is -2.18. The van der Waals surface area contributed by atoms with Crippen molar-refractivity contribution in [2.45, 2.75) is 45.3 Å². The largest absolute Gasteiger partial charge is 0.447 e. The predicted molar refractivity (Wildman–Crippen MR) is 131 cm³/mol. The van der Waals surface area contributed by atoms with Gasteiger partial charge in [-0.05, 0) is 57.4 Å². The topological polar surface area (TPSA) is 109 Å². The van der Waals surface area contributed by atoms with E-state index in [2.05, 4.69) is 20.0 Å². The molecule has 1 saturated carbocycles. The Morgan fingerprint density at radius 1 is 1.18 bits per heavy atom. The number of rotatable bonds is 6. The van der Waals surface area contributed by atoms with E-state index >= 15 is 0 Å². The summed E-state index contributed by atoms with van der Waals surface area (Å²) < 4.78 is 15.0. The highest BCUT2D eigenvalue weighted by molar-refractivity contribution is 6.01. The van der Waals surface area contributed by atoms with E-state index in [4.69, 9.17) is 15.2 Å². The zero-order chi connectivity index (χ0) is 23.8. The summed E-state index contributed by atoms with van der Waals surface area (Å²) in [5.41, 5.74) is 11.1. The van der Waals surface area contributed by atoms with Gasteiger partial charge in [-0.2, -0.15) is 10.1 Å². The number of nitrogens with two attached hydrogens (primary N) is 1. The molecule has 1 amide bonds. The van der Waals surface area contributed by atoms with E-state index in [-0.39, 0.29) is 6.10 Å². The molecule has 0 unspecified atom stereocenters. The number of nitrogens with one attached hydrogen (secondary N) is 1. The minimum Gasteiger partial charge on any atom is -0.447 e. The van der Waals surface area contributed by atoms with Gasteiger partial charge >= 0.3 is 12.1 Å². The van der Waals surface area contributed by atoms with Crippen molar-refractivity contribution < 1.29 is 14.3 Å². The molecule has 0 radical (unpaired) electrons. The number of anilines is 2. The van der Waals surface area contributed by atoms with Gasteiger partial charge in [-0.15, -0.1) is 0 Å². The van der Waals surface area contributed by atoms with Crippen LogP contribution in [0.4, 0.5) is 16.2 Å². The molecule has 1 aliphatic rings. The van der Waals surface area contributed by atoms with Crippen molar-refractivity contribution in [1.82, 2.24) is 19.3 Å². The molecule has 0 atom stereocenters. The van der Waals surface area contributed by atoms with Crippen LogP contribution in [0.25, 0.3) is 22.2 Å². The Hall–Kier alpha value is -4.01. The van der Waals surface area contributed by atoms with Gasteiger partial charge in [0.1, 0.15) is 12.1 Å². The summed E-state index contributed by atoms with van der Waals surface area (Å²) in [6, 6.07) is 14.4. The smallest absolute Gasteiger partial charge is 0.411 e. The molecule has 0 saturated heterocycles. The maximum atomic E-state index is 11.9. The van der Waals surface area contributed by atoms with Crippen LogP contribution in [0.2, 0.25) is 0 Å². The van der Waals surface area contributed by atoms with E-state index < -0.39 is 6.09 Å². The Labute approximate surface area is 197 Å². The minimum atomic E-state index is -0.471. The van der Waals surface area contributed by atoms with Crippen LogP contribution in [-0.4, -0.2) is 31.5 Å². The Balaban J connectivity index is 1.52. The van der Waals surface area contributed by atoms with Crippen LogP contribution in [0.1, 0.15) is 39.2 Å². The molecule has 2 heterocycles. The lowest BCUT2D eigenvalue weighted by Gasteiger charge is -2.30. The highest BCUT2D eigenvalue weighted by Gasteiger charge is 2.27. The summed E-state index contributed by atoms with van der Waals surface area (Å²) in [5.74, 6) is 0.677. The molecule has 9 nitrogen and oxygen atoms in total. The standard InChI is InChI=1S/C25H28N6O3/c1-15(2)33-25(32)29-17-9-7-16(8-10-17)23-22(26)20-12-11-19(34-24-27-14-28-30(24)3)13-21(20)31(23)18-5-4-6-18/h7-15,18H,4-6,26H2,1-3H3,(H,29,32). The normalized spacial score (nSPS) is 13.8. The number of nitrogen functional groups attached to an aromatic ring is 1. The number of fused-ring (bicyclic) bond motifs is 1. The molecule has 34 heavy (non-hydrogen) atoms. The fourth-order valence-electron chi connectivity index (χ4n) is 4.25. The SMILES string of the molecule is CC(C)OC(=O)Nc1ccc(-c2c(N)c3ccc(Oc4ncnn4C)cc3n2C2CCC2)cc1. The molecule has 9 heteroatoms. The van der Waals surface area contributed by atoms with E-state index in [1.807, 2.05) is 56.3 Å². The van der Waals surface area contributed by atoms with Crippen LogP contribution >= 0.6 is 0 Å². The molecule has 0 bridgehead atoms. The highest BCUT2D eigenvalue weighted by Crippen LogP contribution is 2.45. The highest BCUT2D eigenvalue weighted by atomic mass is 16.6. The van der Waals surface area contributed by atoms with Gasteiger partial charge in [-0.25, -0.2) is 9.48 Å². The van der Waals surface area contributed by atoms with Crippen LogP contribution in [0, 0.1) is 0 Å². The Morgan fingerprint density at radius 2 is 1.94 bits per heavy atom. The first-order chi connectivity index (χ1) is 16.4. The number of amides is 1. The summed E-state index contributed by atoms with van der Waals surface area (Å²) in [6.07, 6.45) is 4.21. The van der Waals surface area contributed by atoms with Gasteiger partial charge in [-0.3, -0.25) is 5.32 Å². The van der Waals surface area contributed by atoms with Gasteiger partial charge < -0.3 is 19.8 Å². The molecule has 1 fully saturated rings. The third kappa shape index (κ3) is 4.05. The first kappa shape index (κ1) is 21.8. The molecule has 3 N–H and O–H groups in total. The number of carbonyl (C=O) groups is 1. The first-order valence-electron chi connectivity index (χ1n) is 11.4. The molecule has 1 aliphatic carbocycles. The molecule has 0 aliphatic heterocycles. The molecule has 0 spiro atoms. The summed E-state index contributed by atoms with van der Waals surface area (Å²) >= 11 is 0. The molecule has 5 rings (SSSR count). The number of benzene rings is 2. The number of hydrogen-bond acceptors (Lipinski definition) is 6. The van der Waals surface area contributed by atoms with Crippen molar-refractivity contribution in [2.75, 3.05) is 11.1 Å². The second-order valence-corrected chi connectivity index (χ2v) is 8.82. The number of hydrogen-bond donors (Lipinski definition) is 2. The zero-order valence-corrected chi connectivity index (χ0v) is 19.5. The van der Waals surface area contributed by atoms with Gasteiger partial charge in [0.05, 0.1) is 23.0 Å². The van der Waals surface area contributed by atoms with E-state index in [9.17, 15) is 4.79 Å². The maximum Gasteiger partial charge on any atom is 0.411 e. The third-order valence-electron chi connectivity index (χ3n) is 6.08. The lowest BCUT2D eigenvalue weighted by molar-refractivity contribution is 0.130. The quantitative estimate of drug-likeness (QED) is 0.394. The lowest BCUT2D eigenvalue weighted by atomic mass is 9.92. The average Bonchev–Trinajstić information content (AvgIpc) is 3.28. The van der Waals surface area contributed by atoms with Crippen molar-refractivity contribution in [1.29, 1.82) is 0 Å². The van der Waals surface area contributed by atoms with Crippen LogP contribution in [-0.2, 0) is 11.8 Å². The fourth-order valence-corrected chi connectivity index (χ4v) is 4.25. The van der Waals surface area contributed by atoms with Crippen LogP contribution in [0.15, 0.2) is 48.8 Å². The number of aryl methyl sites for hydroxylation is 1. The second kappa shape index (κ2) is 8.74. The van der Waals surface area contributed by atoms with Gasteiger partial charge in [0, 0.05) is 35.8 Å². The van der Waals surface area contributed by atoms with Crippen molar-refractivity contribution in [2.24, 2.45) is 7.05 Å². The fraction of sp³-hybridized carbons (Fsp3) is 0.320. The van der Waals surface area contributed by atoms with Crippen LogP contribution < -0.4 is 15.8 Å². The van der Waals surface area contributed by atoms with Gasteiger partial charge in [-0.1, -0.05) is 12.1 Å². The Kier molecular flexibility index (Phi) is 5.61. The molecule has 176 valence electrons. The van der Waals surface area contributed by atoms with Gasteiger partial charge in [0.15, 0.2) is 0 Å². The third-order valence-corrected chi connectivity index (χ3v) is 6.08. The average molecular weight is 461 g/mol.